The second kappa shape index (κ2) is 9.41. The molecule has 0 fully saturated rings. The molecule has 2 N–H and O–H groups in total. The summed E-state index contributed by atoms with van der Waals surface area (Å²) < 4.78 is 27.4. The predicted molar refractivity (Wildman–Crippen MR) is 128 cm³/mol. The van der Waals surface area contributed by atoms with Crippen LogP contribution in [0, 0.1) is 12.7 Å². The zero-order valence-corrected chi connectivity index (χ0v) is 19.8. The van der Waals surface area contributed by atoms with Crippen LogP contribution in [0.4, 0.5) is 4.39 Å². The summed E-state index contributed by atoms with van der Waals surface area (Å²) in [6.07, 6.45) is 0. The van der Waals surface area contributed by atoms with Crippen molar-refractivity contribution in [1.29, 1.82) is 0 Å². The van der Waals surface area contributed by atoms with Crippen LogP contribution in [0.15, 0.2) is 24.3 Å². The van der Waals surface area contributed by atoms with E-state index < -0.39 is 5.82 Å². The Hall–Kier alpha value is -3.10. The highest BCUT2D eigenvalue weighted by atomic mass is 35.5. The largest absolute Gasteiger partial charge is 0.506 e. The molecule has 9 heteroatoms. The number of phenols is 1. The molecule has 33 heavy (non-hydrogen) atoms. The fraction of sp³-hybridized carbons (Fsp3) is 0.333. The highest BCUT2D eigenvalue weighted by molar-refractivity contribution is 6.32. The summed E-state index contributed by atoms with van der Waals surface area (Å²) >= 11 is 6.13. The van der Waals surface area contributed by atoms with E-state index in [1.165, 1.54) is 19.2 Å². The number of aromatic hydroxyl groups is 1. The van der Waals surface area contributed by atoms with Crippen molar-refractivity contribution >= 4 is 33.4 Å². The number of ether oxygens (including phenoxy) is 2. The normalized spacial score (nSPS) is 11.6. The smallest absolute Gasteiger partial charge is 0.169 e. The number of nitrogens with one attached hydrogen (secondary N) is 1. The van der Waals surface area contributed by atoms with Crippen molar-refractivity contribution < 1.29 is 19.0 Å². The van der Waals surface area contributed by atoms with Crippen molar-refractivity contribution in [2.75, 3.05) is 33.4 Å². The molecule has 7 nitrogen and oxygen atoms in total. The number of hydrogen-bond donors (Lipinski definition) is 2. The Kier molecular flexibility index (Phi) is 6.58. The fourth-order valence-electron chi connectivity index (χ4n) is 4.04. The molecule has 2 heterocycles. The first-order valence-corrected chi connectivity index (χ1v) is 11.2. The monoisotopic (exact) mass is 472 g/mol. The Bertz CT molecular complexity index is 1320. The van der Waals surface area contributed by atoms with Gasteiger partial charge in [0.05, 0.1) is 28.9 Å². The van der Waals surface area contributed by atoms with Crippen molar-refractivity contribution in [3.05, 3.63) is 40.8 Å². The minimum Gasteiger partial charge on any atom is -0.506 e. The molecular weight excluding hydrogens is 447 g/mol. The van der Waals surface area contributed by atoms with Crippen molar-refractivity contribution in [2.24, 2.45) is 0 Å². The van der Waals surface area contributed by atoms with E-state index in [-0.39, 0.29) is 16.2 Å². The van der Waals surface area contributed by atoms with E-state index in [0.717, 1.165) is 13.1 Å². The molecule has 0 saturated heterocycles. The number of methoxy groups -OCH3 is 1. The average Bonchev–Trinajstić information content (AvgIpc) is 3.18. The summed E-state index contributed by atoms with van der Waals surface area (Å²) in [5.41, 5.74) is 2.05. The number of rotatable bonds is 8. The van der Waals surface area contributed by atoms with E-state index in [4.69, 9.17) is 21.1 Å². The lowest BCUT2D eigenvalue weighted by atomic mass is 9.99. The number of pyridine rings is 1. The first-order valence-electron chi connectivity index (χ1n) is 10.8. The molecule has 0 aliphatic carbocycles. The number of phenolic OH excluding ortho intramolecular Hbond substituents is 1. The van der Waals surface area contributed by atoms with Gasteiger partial charge in [-0.05, 0) is 38.2 Å². The van der Waals surface area contributed by atoms with E-state index in [1.807, 2.05) is 6.92 Å². The van der Waals surface area contributed by atoms with E-state index in [0.29, 0.717) is 58.0 Å². The van der Waals surface area contributed by atoms with Crippen LogP contribution in [-0.4, -0.2) is 58.5 Å². The summed E-state index contributed by atoms with van der Waals surface area (Å²) in [6, 6.07) is 5.97. The molecule has 0 radical (unpaired) electrons. The maximum Gasteiger partial charge on any atom is 0.169 e. The molecule has 0 amide bonds. The number of hydrogen-bond acceptors (Lipinski definition) is 6. The Balaban J connectivity index is 1.95. The molecule has 0 aliphatic rings. The zero-order chi connectivity index (χ0) is 23.7. The molecule has 0 spiro atoms. The van der Waals surface area contributed by atoms with Gasteiger partial charge in [0, 0.05) is 28.9 Å². The number of H-pyrrole nitrogens is 1. The lowest BCUT2D eigenvalue weighted by Gasteiger charge is -2.20. The summed E-state index contributed by atoms with van der Waals surface area (Å²) in [4.78, 5) is 6.86. The van der Waals surface area contributed by atoms with Gasteiger partial charge in [0.15, 0.2) is 17.1 Å². The number of aryl methyl sites for hydroxylation is 1. The number of benzene rings is 2. The van der Waals surface area contributed by atoms with Crippen molar-refractivity contribution in [2.45, 2.75) is 20.8 Å². The Morgan fingerprint density at radius 1 is 1.15 bits per heavy atom. The molecule has 0 bridgehead atoms. The quantitative estimate of drug-likeness (QED) is 0.361. The van der Waals surface area contributed by atoms with Gasteiger partial charge in [-0.3, -0.25) is 5.10 Å². The van der Waals surface area contributed by atoms with Crippen LogP contribution in [-0.2, 0) is 0 Å². The third-order valence-electron chi connectivity index (χ3n) is 5.82. The molecule has 2 aromatic heterocycles. The van der Waals surface area contributed by atoms with Crippen LogP contribution in [0.1, 0.15) is 19.5 Å². The molecule has 4 aromatic rings. The van der Waals surface area contributed by atoms with E-state index in [1.54, 1.807) is 12.1 Å². The summed E-state index contributed by atoms with van der Waals surface area (Å²) in [6.45, 7) is 8.91. The van der Waals surface area contributed by atoms with Crippen LogP contribution in [0.2, 0.25) is 5.02 Å². The van der Waals surface area contributed by atoms with Gasteiger partial charge in [0.2, 0.25) is 0 Å². The highest BCUT2D eigenvalue weighted by Crippen LogP contribution is 2.45. The van der Waals surface area contributed by atoms with Crippen molar-refractivity contribution in [3.8, 4) is 28.5 Å². The lowest BCUT2D eigenvalue weighted by Crippen LogP contribution is -2.28. The summed E-state index contributed by atoms with van der Waals surface area (Å²) in [5.74, 6) is 0.161. The van der Waals surface area contributed by atoms with Gasteiger partial charge in [-0.15, -0.1) is 0 Å². The van der Waals surface area contributed by atoms with Crippen molar-refractivity contribution in [1.82, 2.24) is 20.1 Å². The van der Waals surface area contributed by atoms with Gasteiger partial charge >= 0.3 is 0 Å². The number of fused-ring (bicyclic) bond motifs is 3. The average molecular weight is 473 g/mol. The molecular formula is C24H26ClFN4O3. The van der Waals surface area contributed by atoms with Gasteiger partial charge in [-0.2, -0.15) is 5.10 Å². The molecule has 0 aliphatic heterocycles. The standard InChI is InChI=1S/C24H26ClFN4O3/c1-5-30(6-2)9-10-33-18-12-16(26)20-21(23(18)32-4)19-13(3)28-29-24(19)27-22(20)14-7-8-17(31)15(25)11-14/h7-8,11-12,31H,5-6,9-10H2,1-4H3,(H,27,28,29). The Labute approximate surface area is 196 Å². The molecule has 0 atom stereocenters. The van der Waals surface area contributed by atoms with Crippen LogP contribution in [0.25, 0.3) is 33.1 Å². The Morgan fingerprint density at radius 2 is 1.91 bits per heavy atom. The van der Waals surface area contributed by atoms with Gasteiger partial charge in [-0.25, -0.2) is 9.37 Å². The maximum absolute atomic E-state index is 15.7. The zero-order valence-electron chi connectivity index (χ0n) is 19.0. The SMILES string of the molecule is CCN(CC)CCOc1cc(F)c2c(-c3ccc(O)c(Cl)c3)nc3[nH]nc(C)c3c2c1OC. The minimum absolute atomic E-state index is 0.0647. The van der Waals surface area contributed by atoms with Crippen LogP contribution >= 0.6 is 11.6 Å². The van der Waals surface area contributed by atoms with E-state index in [9.17, 15) is 5.11 Å². The molecule has 0 unspecified atom stereocenters. The number of halogens is 2. The Morgan fingerprint density at radius 3 is 2.58 bits per heavy atom. The number of likely N-dealkylation sites (N-methyl/N-ethyl adjacent to an activating group) is 1. The summed E-state index contributed by atoms with van der Waals surface area (Å²) in [5, 5.41) is 18.6. The fourth-order valence-corrected chi connectivity index (χ4v) is 4.22. The second-order valence-corrected chi connectivity index (χ2v) is 8.08. The number of nitrogens with zero attached hydrogens (tertiary/aromatic N) is 3. The molecule has 4 rings (SSSR count). The van der Waals surface area contributed by atoms with E-state index >= 15 is 4.39 Å². The second-order valence-electron chi connectivity index (χ2n) is 7.67. The minimum atomic E-state index is -0.502. The van der Waals surface area contributed by atoms with Gasteiger partial charge in [0.25, 0.3) is 0 Å². The van der Waals surface area contributed by atoms with Crippen molar-refractivity contribution in [3.63, 3.8) is 0 Å². The van der Waals surface area contributed by atoms with Crippen LogP contribution in [0.3, 0.4) is 0 Å². The highest BCUT2D eigenvalue weighted by Gasteiger charge is 2.24. The topological polar surface area (TPSA) is 83.5 Å². The number of aromatic amines is 1. The first kappa shape index (κ1) is 23.1. The molecule has 0 saturated carbocycles. The van der Waals surface area contributed by atoms with E-state index in [2.05, 4.69) is 33.9 Å². The van der Waals surface area contributed by atoms with Gasteiger partial charge in [0.1, 0.15) is 18.2 Å². The maximum atomic E-state index is 15.7. The van der Waals surface area contributed by atoms with Gasteiger partial charge < -0.3 is 19.5 Å². The van der Waals surface area contributed by atoms with Gasteiger partial charge in [-0.1, -0.05) is 25.4 Å². The lowest BCUT2D eigenvalue weighted by molar-refractivity contribution is 0.217. The number of aromatic nitrogens is 3. The summed E-state index contributed by atoms with van der Waals surface area (Å²) in [7, 11) is 1.53. The first-order chi connectivity index (χ1) is 15.9. The molecule has 174 valence electrons. The predicted octanol–water partition coefficient (Wildman–Crippen LogP) is 5.31. The van der Waals surface area contributed by atoms with Crippen LogP contribution in [0.5, 0.6) is 17.2 Å². The van der Waals surface area contributed by atoms with Crippen LogP contribution < -0.4 is 9.47 Å². The molecule has 2 aromatic carbocycles. The third kappa shape index (κ3) is 4.16. The third-order valence-corrected chi connectivity index (χ3v) is 6.12.